The molecule has 1 aromatic carbocycles. The first-order chi connectivity index (χ1) is 14.0. The number of carbonyl (C=O) groups is 1. The predicted octanol–water partition coefficient (Wildman–Crippen LogP) is 3.63. The van der Waals surface area contributed by atoms with Gasteiger partial charge in [0.15, 0.2) is 11.2 Å². The number of hydrogen-bond acceptors (Lipinski definition) is 6. The number of aromatic amines is 1. The fourth-order valence-electron chi connectivity index (χ4n) is 3.74. The van der Waals surface area contributed by atoms with E-state index in [2.05, 4.69) is 15.0 Å². The number of fused-ring (bicyclic) bond motifs is 2. The van der Waals surface area contributed by atoms with Crippen LogP contribution in [-0.2, 0) is 0 Å². The zero-order valence-corrected chi connectivity index (χ0v) is 15.7. The third kappa shape index (κ3) is 2.35. The number of nitrogen functional groups attached to an aromatic ring is 1. The molecule has 0 aliphatic rings. The van der Waals surface area contributed by atoms with Crippen LogP contribution in [0.1, 0.15) is 27.2 Å². The third-order valence-corrected chi connectivity index (χ3v) is 5.16. The molecule has 4 heterocycles. The van der Waals surface area contributed by atoms with Gasteiger partial charge in [-0.3, -0.25) is 14.3 Å². The Kier molecular flexibility index (Phi) is 3.51. The first kappa shape index (κ1) is 17.1. The molecular formula is C21H17N5O3. The molecule has 0 amide bonds. The quantitative estimate of drug-likeness (QED) is 0.406. The lowest BCUT2D eigenvalue weighted by Crippen LogP contribution is -2.09. The van der Waals surface area contributed by atoms with E-state index in [1.165, 1.54) is 6.20 Å². The Labute approximate surface area is 164 Å². The van der Waals surface area contributed by atoms with Crippen LogP contribution in [0.15, 0.2) is 47.3 Å². The summed E-state index contributed by atoms with van der Waals surface area (Å²) >= 11 is 0. The molecule has 8 nitrogen and oxygen atoms in total. The summed E-state index contributed by atoms with van der Waals surface area (Å²) in [6.45, 7) is 3.70. The fourth-order valence-corrected chi connectivity index (χ4v) is 3.74. The van der Waals surface area contributed by atoms with Gasteiger partial charge < -0.3 is 20.2 Å². The van der Waals surface area contributed by atoms with Crippen LogP contribution >= 0.6 is 0 Å². The Morgan fingerprint density at radius 3 is 2.79 bits per heavy atom. The number of anilines is 1. The topological polar surface area (TPSA) is 123 Å². The van der Waals surface area contributed by atoms with Crippen molar-refractivity contribution < 1.29 is 14.3 Å². The van der Waals surface area contributed by atoms with E-state index in [0.29, 0.717) is 33.7 Å². The van der Waals surface area contributed by atoms with Crippen molar-refractivity contribution in [2.45, 2.75) is 13.8 Å². The highest BCUT2D eigenvalue weighted by atomic mass is 16.3. The minimum absolute atomic E-state index is 0.133. The van der Waals surface area contributed by atoms with Crippen molar-refractivity contribution in [2.24, 2.45) is 0 Å². The Morgan fingerprint density at radius 2 is 2.00 bits per heavy atom. The standard InChI is InChI=1S/C21H17N5O3/c1-10-3-4-14(27)11(2)18(10)26-20(22)16(17-21(26)24-7-6-23-17)19(28)13-9-15-12(25-13)5-8-29-15/h3-9,25,27H,22H2,1-2H3. The largest absolute Gasteiger partial charge is 0.508 e. The molecule has 0 saturated carbocycles. The minimum atomic E-state index is -0.311. The van der Waals surface area contributed by atoms with Crippen molar-refractivity contribution in [3.8, 4) is 11.4 Å². The number of phenols is 1. The third-order valence-electron chi connectivity index (χ3n) is 5.16. The second-order valence-corrected chi connectivity index (χ2v) is 6.91. The normalized spacial score (nSPS) is 11.5. The summed E-state index contributed by atoms with van der Waals surface area (Å²) in [4.78, 5) is 25.2. The Morgan fingerprint density at radius 1 is 1.21 bits per heavy atom. The number of hydrogen-bond donors (Lipinski definition) is 3. The number of nitrogens with zero attached hydrogens (tertiary/aromatic N) is 3. The highest BCUT2D eigenvalue weighted by molar-refractivity contribution is 6.19. The van der Waals surface area contributed by atoms with Gasteiger partial charge in [-0.25, -0.2) is 4.98 Å². The molecule has 5 rings (SSSR count). The van der Waals surface area contributed by atoms with Crippen molar-refractivity contribution in [3.63, 3.8) is 0 Å². The first-order valence-electron chi connectivity index (χ1n) is 8.98. The summed E-state index contributed by atoms with van der Waals surface area (Å²) in [6, 6.07) is 6.81. The lowest BCUT2D eigenvalue weighted by atomic mass is 10.1. The molecule has 0 bridgehead atoms. The molecule has 0 fully saturated rings. The number of aromatic nitrogens is 4. The van der Waals surface area contributed by atoms with Gasteiger partial charge in [0.25, 0.3) is 0 Å². The van der Waals surface area contributed by atoms with Crippen LogP contribution in [0.5, 0.6) is 5.75 Å². The number of phenolic OH excluding ortho intramolecular Hbond substituents is 1. The maximum atomic E-state index is 13.3. The molecule has 5 aromatic rings. The van der Waals surface area contributed by atoms with E-state index in [1.54, 1.807) is 48.2 Å². The van der Waals surface area contributed by atoms with Gasteiger partial charge in [0.1, 0.15) is 17.1 Å². The molecule has 0 aliphatic carbocycles. The number of benzene rings is 1. The molecule has 0 spiro atoms. The highest BCUT2D eigenvalue weighted by Gasteiger charge is 2.27. The van der Waals surface area contributed by atoms with Crippen LogP contribution in [0, 0.1) is 13.8 Å². The average molecular weight is 387 g/mol. The molecule has 0 radical (unpaired) electrons. The second kappa shape index (κ2) is 5.96. The maximum absolute atomic E-state index is 13.3. The number of H-pyrrole nitrogens is 1. The zero-order chi connectivity index (χ0) is 20.3. The maximum Gasteiger partial charge on any atom is 0.215 e. The van der Waals surface area contributed by atoms with Crippen LogP contribution in [0.3, 0.4) is 0 Å². The van der Waals surface area contributed by atoms with Crippen molar-refractivity contribution in [3.05, 3.63) is 65.3 Å². The van der Waals surface area contributed by atoms with Gasteiger partial charge in [-0.15, -0.1) is 0 Å². The Hall–Kier alpha value is -4.07. The zero-order valence-electron chi connectivity index (χ0n) is 15.7. The SMILES string of the molecule is Cc1ccc(O)c(C)c1-n1c(N)c(C(=O)c2cc3occc3[nH]2)c2nccnc21. The number of rotatable bonds is 3. The fraction of sp³-hybridized carbons (Fsp3) is 0.0952. The van der Waals surface area contributed by atoms with Gasteiger partial charge in [-0.1, -0.05) is 6.07 Å². The van der Waals surface area contributed by atoms with Gasteiger partial charge in [0.2, 0.25) is 5.78 Å². The Balaban J connectivity index is 1.81. The number of carbonyl (C=O) groups excluding carboxylic acids is 1. The highest BCUT2D eigenvalue weighted by Crippen LogP contribution is 2.35. The number of aryl methyl sites for hydroxylation is 1. The summed E-state index contributed by atoms with van der Waals surface area (Å²) < 4.78 is 7.02. The molecule has 0 saturated heterocycles. The lowest BCUT2D eigenvalue weighted by molar-refractivity contribution is 0.103. The van der Waals surface area contributed by atoms with Crippen molar-refractivity contribution in [2.75, 3.05) is 5.73 Å². The van der Waals surface area contributed by atoms with Crippen LogP contribution in [0.25, 0.3) is 28.0 Å². The van der Waals surface area contributed by atoms with Crippen molar-refractivity contribution >= 4 is 33.9 Å². The van der Waals surface area contributed by atoms with E-state index in [-0.39, 0.29) is 22.9 Å². The molecule has 0 atom stereocenters. The van der Waals surface area contributed by atoms with Gasteiger partial charge in [-0.2, -0.15) is 0 Å². The smallest absolute Gasteiger partial charge is 0.215 e. The average Bonchev–Trinajstić information content (AvgIpc) is 3.37. The molecule has 4 aromatic heterocycles. The summed E-state index contributed by atoms with van der Waals surface area (Å²) in [5.41, 5.74) is 11.4. The van der Waals surface area contributed by atoms with Crippen LogP contribution in [-0.4, -0.2) is 30.4 Å². The van der Waals surface area contributed by atoms with Gasteiger partial charge in [0, 0.05) is 30.1 Å². The van der Waals surface area contributed by atoms with Gasteiger partial charge >= 0.3 is 0 Å². The van der Waals surface area contributed by atoms with Crippen LogP contribution < -0.4 is 5.73 Å². The van der Waals surface area contributed by atoms with Crippen molar-refractivity contribution in [1.29, 1.82) is 0 Å². The summed E-state index contributed by atoms with van der Waals surface area (Å²) in [7, 11) is 0. The molecule has 4 N–H and O–H groups in total. The number of nitrogens with two attached hydrogens (primary N) is 1. The Bertz CT molecular complexity index is 1390. The summed E-state index contributed by atoms with van der Waals surface area (Å²) in [5, 5.41) is 10.2. The molecule has 29 heavy (non-hydrogen) atoms. The minimum Gasteiger partial charge on any atom is -0.508 e. The summed E-state index contributed by atoms with van der Waals surface area (Å²) in [6.07, 6.45) is 4.61. The van der Waals surface area contributed by atoms with E-state index < -0.39 is 0 Å². The monoisotopic (exact) mass is 387 g/mol. The van der Waals surface area contributed by atoms with E-state index >= 15 is 0 Å². The van der Waals surface area contributed by atoms with Crippen LogP contribution in [0.4, 0.5) is 5.82 Å². The second-order valence-electron chi connectivity index (χ2n) is 6.91. The molecule has 0 unspecified atom stereocenters. The van der Waals surface area contributed by atoms with E-state index in [9.17, 15) is 9.90 Å². The number of nitrogens with one attached hydrogen (secondary N) is 1. The van der Waals surface area contributed by atoms with Crippen molar-refractivity contribution in [1.82, 2.24) is 19.5 Å². The molecule has 8 heteroatoms. The predicted molar refractivity (Wildman–Crippen MR) is 108 cm³/mol. The van der Waals surface area contributed by atoms with Gasteiger partial charge in [-0.05, 0) is 25.5 Å². The van der Waals surface area contributed by atoms with Crippen LogP contribution in [0.2, 0.25) is 0 Å². The van der Waals surface area contributed by atoms with E-state index in [1.807, 2.05) is 6.92 Å². The van der Waals surface area contributed by atoms with E-state index in [0.717, 1.165) is 11.1 Å². The van der Waals surface area contributed by atoms with Gasteiger partial charge in [0.05, 0.1) is 28.7 Å². The van der Waals surface area contributed by atoms with E-state index in [4.69, 9.17) is 10.2 Å². The molecule has 144 valence electrons. The number of furan rings is 1. The molecular weight excluding hydrogens is 370 g/mol. The number of ketones is 1. The number of aromatic hydroxyl groups is 1. The lowest BCUT2D eigenvalue weighted by Gasteiger charge is -2.15. The molecule has 0 aliphatic heterocycles. The first-order valence-corrected chi connectivity index (χ1v) is 8.98. The summed E-state index contributed by atoms with van der Waals surface area (Å²) in [5.74, 6) is 0.0289.